The average Bonchev–Trinajstić information content (AvgIpc) is 2.72. The second-order valence-electron chi connectivity index (χ2n) is 6.24. The molecule has 4 rings (SSSR count). The molecular formula is C22H16BrClN4. The number of fused-ring (bicyclic) bond motifs is 1. The summed E-state index contributed by atoms with van der Waals surface area (Å²) in [7, 11) is 0. The molecule has 4 nitrogen and oxygen atoms in total. The van der Waals surface area contributed by atoms with Gasteiger partial charge in [0.05, 0.1) is 11.2 Å². The van der Waals surface area contributed by atoms with Crippen LogP contribution in [-0.4, -0.2) is 15.7 Å². The third-order valence-electron chi connectivity index (χ3n) is 4.30. The summed E-state index contributed by atoms with van der Waals surface area (Å²) in [5.41, 5.74) is 6.76. The van der Waals surface area contributed by atoms with Crippen LogP contribution in [0.15, 0.2) is 82.4 Å². The quantitative estimate of drug-likeness (QED) is 0.283. The van der Waals surface area contributed by atoms with Gasteiger partial charge in [-0.3, -0.25) is 5.43 Å². The summed E-state index contributed by atoms with van der Waals surface area (Å²) in [5.74, 6) is 1.28. The van der Waals surface area contributed by atoms with E-state index in [9.17, 15) is 0 Å². The van der Waals surface area contributed by atoms with Crippen LogP contribution in [0, 0.1) is 0 Å². The Hall–Kier alpha value is -2.76. The van der Waals surface area contributed by atoms with Gasteiger partial charge in [-0.05, 0) is 61.0 Å². The van der Waals surface area contributed by atoms with Crippen molar-refractivity contribution in [3.05, 3.63) is 87.9 Å². The largest absolute Gasteiger partial charge is 0.260 e. The average molecular weight is 452 g/mol. The van der Waals surface area contributed by atoms with Crippen LogP contribution in [0.25, 0.3) is 22.3 Å². The molecule has 0 aliphatic carbocycles. The predicted molar refractivity (Wildman–Crippen MR) is 120 cm³/mol. The number of hydrogen-bond acceptors (Lipinski definition) is 4. The molecule has 0 aliphatic rings. The topological polar surface area (TPSA) is 50.2 Å². The lowest BCUT2D eigenvalue weighted by Crippen LogP contribution is -2.03. The van der Waals surface area contributed by atoms with Gasteiger partial charge in [-0.25, -0.2) is 9.97 Å². The lowest BCUT2D eigenvalue weighted by atomic mass is 10.1. The molecule has 0 spiro atoms. The Morgan fingerprint density at radius 1 is 0.929 bits per heavy atom. The molecule has 4 aromatic rings. The van der Waals surface area contributed by atoms with Crippen molar-refractivity contribution < 1.29 is 0 Å². The molecule has 28 heavy (non-hydrogen) atoms. The molecule has 0 saturated carbocycles. The first kappa shape index (κ1) is 18.6. The third-order valence-corrected chi connectivity index (χ3v) is 5.08. The number of nitrogens with one attached hydrogen (secondary N) is 1. The van der Waals surface area contributed by atoms with Gasteiger partial charge in [0.2, 0.25) is 0 Å². The number of rotatable bonds is 4. The van der Waals surface area contributed by atoms with E-state index in [-0.39, 0.29) is 0 Å². The van der Waals surface area contributed by atoms with Gasteiger partial charge in [-0.15, -0.1) is 0 Å². The SMILES string of the molecule is C/C(=N/Nc1nc(-c2ccc(Cl)cc2)nc2ccccc12)c1ccc(Br)cc1. The van der Waals surface area contributed by atoms with Crippen LogP contribution >= 0.6 is 27.5 Å². The Morgan fingerprint density at radius 3 is 2.39 bits per heavy atom. The van der Waals surface area contributed by atoms with E-state index in [1.54, 1.807) is 0 Å². The van der Waals surface area contributed by atoms with Gasteiger partial charge in [-0.2, -0.15) is 5.10 Å². The summed E-state index contributed by atoms with van der Waals surface area (Å²) in [5, 5.41) is 6.12. The zero-order valence-corrected chi connectivity index (χ0v) is 17.4. The molecule has 0 atom stereocenters. The maximum atomic E-state index is 6.00. The van der Waals surface area contributed by atoms with Crippen molar-refractivity contribution in [2.24, 2.45) is 5.10 Å². The van der Waals surface area contributed by atoms with E-state index >= 15 is 0 Å². The van der Waals surface area contributed by atoms with E-state index < -0.39 is 0 Å². The molecule has 0 radical (unpaired) electrons. The molecular weight excluding hydrogens is 436 g/mol. The smallest absolute Gasteiger partial charge is 0.162 e. The van der Waals surface area contributed by atoms with Crippen LogP contribution in [0.2, 0.25) is 5.02 Å². The van der Waals surface area contributed by atoms with Crippen LogP contribution < -0.4 is 5.43 Å². The number of hydrazone groups is 1. The molecule has 0 fully saturated rings. The molecule has 0 bridgehead atoms. The van der Waals surface area contributed by atoms with Crippen molar-refractivity contribution >= 4 is 50.0 Å². The van der Waals surface area contributed by atoms with Gasteiger partial charge in [-0.1, -0.05) is 51.8 Å². The Bertz CT molecular complexity index is 1160. The van der Waals surface area contributed by atoms with Gasteiger partial charge in [0, 0.05) is 20.4 Å². The van der Waals surface area contributed by atoms with Crippen LogP contribution in [0.4, 0.5) is 5.82 Å². The number of benzene rings is 3. The van der Waals surface area contributed by atoms with Crippen molar-refractivity contribution in [2.75, 3.05) is 5.43 Å². The minimum atomic E-state index is 0.620. The van der Waals surface area contributed by atoms with Gasteiger partial charge >= 0.3 is 0 Å². The molecule has 1 aromatic heterocycles. The van der Waals surface area contributed by atoms with Crippen LogP contribution in [-0.2, 0) is 0 Å². The molecule has 0 saturated heterocycles. The molecule has 0 aliphatic heterocycles. The number of aromatic nitrogens is 2. The van der Waals surface area contributed by atoms with Crippen molar-refractivity contribution in [1.82, 2.24) is 9.97 Å². The summed E-state index contributed by atoms with van der Waals surface area (Å²) < 4.78 is 1.03. The predicted octanol–water partition coefficient (Wildman–Crippen LogP) is 6.55. The Labute approximate surface area is 176 Å². The van der Waals surface area contributed by atoms with Gasteiger partial charge in [0.1, 0.15) is 0 Å². The zero-order chi connectivity index (χ0) is 19.5. The first-order valence-corrected chi connectivity index (χ1v) is 9.86. The fourth-order valence-electron chi connectivity index (χ4n) is 2.78. The minimum Gasteiger partial charge on any atom is -0.260 e. The molecule has 0 amide bonds. The minimum absolute atomic E-state index is 0.620. The van der Waals surface area contributed by atoms with Crippen LogP contribution in [0.3, 0.4) is 0 Å². The summed E-state index contributed by atoms with van der Waals surface area (Å²) in [6.45, 7) is 1.96. The lowest BCUT2D eigenvalue weighted by Gasteiger charge is -2.09. The van der Waals surface area contributed by atoms with Gasteiger partial charge < -0.3 is 0 Å². The van der Waals surface area contributed by atoms with Crippen LogP contribution in [0.1, 0.15) is 12.5 Å². The molecule has 1 N–H and O–H groups in total. The zero-order valence-electron chi connectivity index (χ0n) is 15.0. The maximum absolute atomic E-state index is 6.00. The summed E-state index contributed by atoms with van der Waals surface area (Å²) in [6.07, 6.45) is 0. The number of hydrogen-bond donors (Lipinski definition) is 1. The molecule has 138 valence electrons. The normalized spacial score (nSPS) is 11.6. The van der Waals surface area contributed by atoms with Crippen molar-refractivity contribution in [3.63, 3.8) is 0 Å². The summed E-state index contributed by atoms with van der Waals surface area (Å²) >= 11 is 9.46. The molecule has 6 heteroatoms. The van der Waals surface area contributed by atoms with E-state index in [2.05, 4.69) is 31.4 Å². The van der Waals surface area contributed by atoms with E-state index in [1.807, 2.05) is 79.7 Å². The van der Waals surface area contributed by atoms with E-state index in [1.165, 1.54) is 0 Å². The monoisotopic (exact) mass is 450 g/mol. The Balaban J connectivity index is 1.73. The second-order valence-corrected chi connectivity index (χ2v) is 7.59. The number of anilines is 1. The molecule has 0 unspecified atom stereocenters. The summed E-state index contributed by atoms with van der Waals surface area (Å²) in [6, 6.07) is 23.4. The standard InChI is InChI=1S/C22H16BrClN4/c1-14(15-6-10-17(23)11-7-15)27-28-22-19-4-2-3-5-20(19)25-21(26-22)16-8-12-18(24)13-9-16/h2-13H,1H3,(H,25,26,28)/b27-14-. The fourth-order valence-corrected chi connectivity index (χ4v) is 3.17. The van der Waals surface area contributed by atoms with Crippen molar-refractivity contribution in [3.8, 4) is 11.4 Å². The Morgan fingerprint density at radius 2 is 1.64 bits per heavy atom. The first-order valence-electron chi connectivity index (χ1n) is 8.69. The highest BCUT2D eigenvalue weighted by molar-refractivity contribution is 9.10. The van der Waals surface area contributed by atoms with Gasteiger partial charge in [0.15, 0.2) is 11.6 Å². The summed E-state index contributed by atoms with van der Waals surface area (Å²) in [4.78, 5) is 9.38. The van der Waals surface area contributed by atoms with E-state index in [4.69, 9.17) is 16.6 Å². The fraction of sp³-hybridized carbons (Fsp3) is 0.0455. The highest BCUT2D eigenvalue weighted by Gasteiger charge is 2.09. The first-order chi connectivity index (χ1) is 13.6. The maximum Gasteiger partial charge on any atom is 0.162 e. The Kier molecular flexibility index (Phi) is 5.37. The third kappa shape index (κ3) is 4.06. The second kappa shape index (κ2) is 8.09. The van der Waals surface area contributed by atoms with E-state index in [0.717, 1.165) is 32.2 Å². The van der Waals surface area contributed by atoms with Crippen molar-refractivity contribution in [1.29, 1.82) is 0 Å². The van der Waals surface area contributed by atoms with Gasteiger partial charge in [0.25, 0.3) is 0 Å². The molecule has 1 heterocycles. The van der Waals surface area contributed by atoms with Crippen LogP contribution in [0.5, 0.6) is 0 Å². The number of nitrogens with zero attached hydrogens (tertiary/aromatic N) is 3. The van der Waals surface area contributed by atoms with Crippen molar-refractivity contribution in [2.45, 2.75) is 6.92 Å². The lowest BCUT2D eigenvalue weighted by molar-refractivity contribution is 1.18. The highest BCUT2D eigenvalue weighted by atomic mass is 79.9. The number of para-hydroxylation sites is 1. The number of halogens is 2. The molecule has 3 aromatic carbocycles. The van der Waals surface area contributed by atoms with E-state index in [0.29, 0.717) is 16.7 Å². The highest BCUT2D eigenvalue weighted by Crippen LogP contribution is 2.26.